The predicted octanol–water partition coefficient (Wildman–Crippen LogP) is 3.80. The minimum absolute atomic E-state index is 0.124. The number of nitrogens with zero attached hydrogens (tertiary/aromatic N) is 1. The molecule has 1 aromatic carbocycles. The Morgan fingerprint density at radius 3 is 2.54 bits per heavy atom. The van der Waals surface area contributed by atoms with Gasteiger partial charge in [-0.3, -0.25) is 4.90 Å². The largest absolute Gasteiger partial charge is 0.480 e. The van der Waals surface area contributed by atoms with Gasteiger partial charge in [0.25, 0.3) is 0 Å². The molecule has 0 saturated carbocycles. The number of rotatable bonds is 4. The molecule has 0 aromatic heterocycles. The van der Waals surface area contributed by atoms with Gasteiger partial charge in [0, 0.05) is 6.54 Å². The summed E-state index contributed by atoms with van der Waals surface area (Å²) in [7, 11) is 0. The number of aliphatic carboxylic acids is 1. The van der Waals surface area contributed by atoms with Crippen LogP contribution in [0.25, 0.3) is 6.08 Å². The lowest BCUT2D eigenvalue weighted by molar-refractivity contribution is -0.142. The van der Waals surface area contributed by atoms with E-state index >= 15 is 0 Å². The van der Waals surface area contributed by atoms with E-state index in [-0.39, 0.29) is 5.92 Å². The number of amides is 1. The van der Waals surface area contributed by atoms with Gasteiger partial charge < -0.3 is 9.84 Å². The Bertz CT molecular complexity index is 604. The highest BCUT2D eigenvalue weighted by Crippen LogP contribution is 2.28. The maximum atomic E-state index is 12.2. The molecule has 0 aliphatic carbocycles. The molecule has 0 bridgehead atoms. The van der Waals surface area contributed by atoms with E-state index in [2.05, 4.69) is 0 Å². The minimum atomic E-state index is -0.976. The molecule has 1 amide bonds. The summed E-state index contributed by atoms with van der Waals surface area (Å²) in [4.78, 5) is 25.0. The lowest BCUT2D eigenvalue weighted by Gasteiger charge is -2.26. The average Bonchev–Trinajstić information content (AvgIpc) is 2.91. The maximum absolute atomic E-state index is 12.2. The van der Waals surface area contributed by atoms with Gasteiger partial charge in [-0.15, -0.1) is 0 Å². The second-order valence-corrected chi connectivity index (χ2v) is 7.14. The first-order chi connectivity index (χ1) is 11.3. The molecular weight excluding hydrogens is 306 g/mol. The van der Waals surface area contributed by atoms with Crippen LogP contribution in [0.15, 0.2) is 36.4 Å². The van der Waals surface area contributed by atoms with Crippen molar-refractivity contribution >= 4 is 18.1 Å². The molecule has 130 valence electrons. The Labute approximate surface area is 142 Å². The third-order valence-corrected chi connectivity index (χ3v) is 3.88. The van der Waals surface area contributed by atoms with E-state index in [0.29, 0.717) is 13.0 Å². The molecule has 1 fully saturated rings. The second-order valence-electron chi connectivity index (χ2n) is 7.14. The van der Waals surface area contributed by atoms with Gasteiger partial charge in [0.2, 0.25) is 0 Å². The quantitative estimate of drug-likeness (QED) is 0.911. The normalized spacial score (nSPS) is 21.2. The van der Waals surface area contributed by atoms with Crippen molar-refractivity contribution in [2.45, 2.75) is 45.3 Å². The van der Waals surface area contributed by atoms with Crippen molar-refractivity contribution in [3.8, 4) is 0 Å². The number of carboxylic acid groups (broad SMARTS) is 1. The molecule has 1 aromatic rings. The molecule has 1 aliphatic rings. The molecule has 1 aliphatic heterocycles. The number of carbonyl (C=O) groups excluding carboxylic acids is 1. The Morgan fingerprint density at radius 1 is 1.29 bits per heavy atom. The van der Waals surface area contributed by atoms with Crippen molar-refractivity contribution in [3.63, 3.8) is 0 Å². The van der Waals surface area contributed by atoms with Gasteiger partial charge in [0.05, 0.1) is 0 Å². The highest BCUT2D eigenvalue weighted by molar-refractivity contribution is 5.81. The molecule has 5 nitrogen and oxygen atoms in total. The summed E-state index contributed by atoms with van der Waals surface area (Å²) in [6.45, 7) is 5.73. The van der Waals surface area contributed by atoms with E-state index in [1.54, 1.807) is 20.8 Å². The van der Waals surface area contributed by atoms with Crippen LogP contribution in [0.5, 0.6) is 0 Å². The standard InChI is InChI=1S/C19H25NO4/c1-19(2,3)24-18(23)20-13-15(12-16(20)17(21)22)11-7-10-14-8-5-4-6-9-14/h4-10,15-16H,11-13H2,1-3H3,(H,21,22). The van der Waals surface area contributed by atoms with E-state index < -0.39 is 23.7 Å². The van der Waals surface area contributed by atoms with Crippen molar-refractivity contribution in [1.82, 2.24) is 4.90 Å². The SMILES string of the molecule is CC(C)(C)OC(=O)N1CC(CC=Cc2ccccc2)CC1C(=O)O. The van der Waals surface area contributed by atoms with E-state index in [1.165, 1.54) is 4.90 Å². The maximum Gasteiger partial charge on any atom is 0.411 e. The van der Waals surface area contributed by atoms with Crippen LogP contribution in [0.1, 0.15) is 39.2 Å². The molecule has 1 N–H and O–H groups in total. The Kier molecular flexibility index (Phi) is 5.65. The number of carbonyl (C=O) groups is 2. The van der Waals surface area contributed by atoms with Gasteiger partial charge in [-0.1, -0.05) is 42.5 Å². The summed E-state index contributed by atoms with van der Waals surface area (Å²) < 4.78 is 5.33. The van der Waals surface area contributed by atoms with E-state index in [9.17, 15) is 14.7 Å². The molecule has 1 saturated heterocycles. The summed E-state index contributed by atoms with van der Waals surface area (Å²) in [6.07, 6.45) is 4.69. The first-order valence-electron chi connectivity index (χ1n) is 8.20. The molecule has 24 heavy (non-hydrogen) atoms. The molecule has 2 atom stereocenters. The van der Waals surface area contributed by atoms with Crippen LogP contribution in [-0.2, 0) is 9.53 Å². The second kappa shape index (κ2) is 7.51. The fourth-order valence-corrected chi connectivity index (χ4v) is 2.81. The summed E-state index contributed by atoms with van der Waals surface area (Å²) in [5.74, 6) is -0.853. The lowest BCUT2D eigenvalue weighted by atomic mass is 10.0. The first kappa shape index (κ1) is 18.0. The number of carboxylic acids is 1. The van der Waals surface area contributed by atoms with Crippen LogP contribution in [-0.4, -0.2) is 40.3 Å². The molecule has 0 radical (unpaired) electrons. The topological polar surface area (TPSA) is 66.8 Å². The fourth-order valence-electron chi connectivity index (χ4n) is 2.81. The summed E-state index contributed by atoms with van der Waals surface area (Å²) in [5.41, 5.74) is 0.472. The highest BCUT2D eigenvalue weighted by atomic mass is 16.6. The third kappa shape index (κ3) is 5.11. The third-order valence-electron chi connectivity index (χ3n) is 3.88. The lowest BCUT2D eigenvalue weighted by Crippen LogP contribution is -2.43. The number of hydrogen-bond acceptors (Lipinski definition) is 3. The number of ether oxygens (including phenoxy) is 1. The highest BCUT2D eigenvalue weighted by Gasteiger charge is 2.40. The van der Waals surface area contributed by atoms with Crippen molar-refractivity contribution < 1.29 is 19.4 Å². The zero-order chi connectivity index (χ0) is 17.7. The molecule has 0 spiro atoms. The van der Waals surface area contributed by atoms with Gasteiger partial charge in [-0.05, 0) is 45.1 Å². The fraction of sp³-hybridized carbons (Fsp3) is 0.474. The Balaban J connectivity index is 1.98. The van der Waals surface area contributed by atoms with Crippen LogP contribution in [0, 0.1) is 5.92 Å². The summed E-state index contributed by atoms with van der Waals surface area (Å²) >= 11 is 0. The smallest absolute Gasteiger partial charge is 0.411 e. The zero-order valence-electron chi connectivity index (χ0n) is 14.4. The molecular formula is C19H25NO4. The molecule has 5 heteroatoms. The molecule has 2 rings (SSSR count). The number of likely N-dealkylation sites (tertiary alicyclic amines) is 1. The molecule has 2 unspecified atom stereocenters. The monoisotopic (exact) mass is 331 g/mol. The van der Waals surface area contributed by atoms with Crippen molar-refractivity contribution in [2.75, 3.05) is 6.54 Å². The van der Waals surface area contributed by atoms with Gasteiger partial charge in [-0.2, -0.15) is 0 Å². The van der Waals surface area contributed by atoms with Gasteiger partial charge in [-0.25, -0.2) is 9.59 Å². The number of allylic oxidation sites excluding steroid dienone is 1. The minimum Gasteiger partial charge on any atom is -0.480 e. The van der Waals surface area contributed by atoms with Crippen molar-refractivity contribution in [1.29, 1.82) is 0 Å². The summed E-state index contributed by atoms with van der Waals surface area (Å²) in [6, 6.07) is 9.12. The average molecular weight is 331 g/mol. The van der Waals surface area contributed by atoms with Gasteiger partial charge >= 0.3 is 12.1 Å². The molecule has 1 heterocycles. The van der Waals surface area contributed by atoms with Gasteiger partial charge in [0.1, 0.15) is 11.6 Å². The predicted molar refractivity (Wildman–Crippen MR) is 92.6 cm³/mol. The van der Waals surface area contributed by atoms with E-state index in [4.69, 9.17) is 4.74 Å². The number of benzene rings is 1. The van der Waals surface area contributed by atoms with Crippen LogP contribution >= 0.6 is 0 Å². The first-order valence-corrected chi connectivity index (χ1v) is 8.20. The van der Waals surface area contributed by atoms with Crippen LogP contribution in [0.2, 0.25) is 0 Å². The number of hydrogen-bond donors (Lipinski definition) is 1. The van der Waals surface area contributed by atoms with Crippen molar-refractivity contribution in [2.24, 2.45) is 5.92 Å². The van der Waals surface area contributed by atoms with Gasteiger partial charge in [0.15, 0.2) is 0 Å². The van der Waals surface area contributed by atoms with E-state index in [1.807, 2.05) is 42.5 Å². The van der Waals surface area contributed by atoms with Crippen molar-refractivity contribution in [3.05, 3.63) is 42.0 Å². The van der Waals surface area contributed by atoms with E-state index in [0.717, 1.165) is 12.0 Å². The van der Waals surface area contributed by atoms with Crippen LogP contribution in [0.4, 0.5) is 4.79 Å². The zero-order valence-corrected chi connectivity index (χ0v) is 14.4. The van der Waals surface area contributed by atoms with Crippen LogP contribution in [0.3, 0.4) is 0 Å². The summed E-state index contributed by atoms with van der Waals surface area (Å²) in [5, 5.41) is 9.38. The Hall–Kier alpha value is -2.30. The van der Waals surface area contributed by atoms with Crippen LogP contribution < -0.4 is 0 Å². The Morgan fingerprint density at radius 2 is 1.96 bits per heavy atom.